The van der Waals surface area contributed by atoms with Crippen molar-refractivity contribution in [3.63, 3.8) is 0 Å². The van der Waals surface area contributed by atoms with Crippen molar-refractivity contribution in [1.82, 2.24) is 15.5 Å². The smallest absolute Gasteiger partial charge is 0.0683 e. The molecule has 0 spiro atoms. The summed E-state index contributed by atoms with van der Waals surface area (Å²) in [6.07, 6.45) is 2.75. The highest BCUT2D eigenvalue weighted by atomic mass is 35.5. The van der Waals surface area contributed by atoms with Crippen LogP contribution in [0.25, 0.3) is 10.9 Å². The highest BCUT2D eigenvalue weighted by Gasteiger charge is 2.04. The Hall–Kier alpha value is -1.06. The third kappa shape index (κ3) is 1.74. The van der Waals surface area contributed by atoms with Gasteiger partial charge in [0.1, 0.15) is 0 Å². The van der Waals surface area contributed by atoms with Crippen molar-refractivity contribution in [2.75, 3.05) is 13.6 Å². The lowest BCUT2D eigenvalue weighted by atomic mass is 10.1. The first kappa shape index (κ1) is 9.49. The van der Waals surface area contributed by atoms with Gasteiger partial charge in [-0.3, -0.25) is 5.10 Å². The summed E-state index contributed by atoms with van der Waals surface area (Å²) in [7, 11) is 1.94. The van der Waals surface area contributed by atoms with E-state index >= 15 is 0 Å². The second-order valence-electron chi connectivity index (χ2n) is 3.25. The Morgan fingerprint density at radius 2 is 2.36 bits per heavy atom. The fourth-order valence-corrected chi connectivity index (χ4v) is 1.80. The zero-order chi connectivity index (χ0) is 9.97. The van der Waals surface area contributed by atoms with Gasteiger partial charge in [0, 0.05) is 10.4 Å². The maximum absolute atomic E-state index is 6.00. The molecule has 0 fully saturated rings. The van der Waals surface area contributed by atoms with Crippen LogP contribution in [0.2, 0.25) is 5.02 Å². The molecule has 14 heavy (non-hydrogen) atoms. The minimum absolute atomic E-state index is 0.769. The molecule has 0 radical (unpaired) electrons. The lowest BCUT2D eigenvalue weighted by Gasteiger charge is -2.03. The Balaban J connectivity index is 2.44. The highest BCUT2D eigenvalue weighted by molar-refractivity contribution is 6.31. The number of H-pyrrole nitrogens is 1. The fourth-order valence-electron chi connectivity index (χ4n) is 1.55. The summed E-state index contributed by atoms with van der Waals surface area (Å²) in [4.78, 5) is 0. The topological polar surface area (TPSA) is 40.7 Å². The number of nitrogens with zero attached hydrogens (tertiary/aromatic N) is 1. The molecule has 1 aromatic heterocycles. The van der Waals surface area contributed by atoms with Crippen LogP contribution in [-0.4, -0.2) is 23.8 Å². The van der Waals surface area contributed by atoms with Crippen molar-refractivity contribution in [2.45, 2.75) is 6.42 Å². The molecule has 0 aliphatic heterocycles. The molecule has 0 saturated heterocycles. The molecule has 0 atom stereocenters. The highest BCUT2D eigenvalue weighted by Crippen LogP contribution is 2.22. The zero-order valence-corrected chi connectivity index (χ0v) is 8.73. The largest absolute Gasteiger partial charge is 0.319 e. The van der Waals surface area contributed by atoms with E-state index in [9.17, 15) is 0 Å². The molecule has 0 saturated carbocycles. The summed E-state index contributed by atoms with van der Waals surface area (Å²) in [5.74, 6) is 0. The van der Waals surface area contributed by atoms with Gasteiger partial charge >= 0.3 is 0 Å². The average Bonchev–Trinajstić information content (AvgIpc) is 2.61. The third-order valence-electron chi connectivity index (χ3n) is 2.24. The SMILES string of the molecule is CNCCc1cc(Cl)cc2cn[nH]c12. The molecular weight excluding hydrogens is 198 g/mol. The zero-order valence-electron chi connectivity index (χ0n) is 7.97. The minimum Gasteiger partial charge on any atom is -0.319 e. The summed E-state index contributed by atoms with van der Waals surface area (Å²) < 4.78 is 0. The van der Waals surface area contributed by atoms with Crippen LogP contribution in [0.1, 0.15) is 5.56 Å². The van der Waals surface area contributed by atoms with Crippen molar-refractivity contribution in [2.24, 2.45) is 0 Å². The third-order valence-corrected chi connectivity index (χ3v) is 2.46. The summed E-state index contributed by atoms with van der Waals surface area (Å²) >= 11 is 6.00. The first-order valence-electron chi connectivity index (χ1n) is 4.57. The lowest BCUT2D eigenvalue weighted by Crippen LogP contribution is -2.10. The molecule has 0 unspecified atom stereocenters. The lowest BCUT2D eigenvalue weighted by molar-refractivity contribution is 0.793. The van der Waals surface area contributed by atoms with Gasteiger partial charge in [-0.15, -0.1) is 0 Å². The summed E-state index contributed by atoms with van der Waals surface area (Å²) in [6, 6.07) is 3.91. The van der Waals surface area contributed by atoms with Gasteiger partial charge in [0.25, 0.3) is 0 Å². The molecule has 0 bridgehead atoms. The van der Waals surface area contributed by atoms with Crippen LogP contribution in [0.4, 0.5) is 0 Å². The van der Waals surface area contributed by atoms with Crippen molar-refractivity contribution in [3.8, 4) is 0 Å². The van der Waals surface area contributed by atoms with Gasteiger partial charge in [0.2, 0.25) is 0 Å². The van der Waals surface area contributed by atoms with E-state index in [1.807, 2.05) is 19.2 Å². The molecule has 3 nitrogen and oxygen atoms in total. The quantitative estimate of drug-likeness (QED) is 0.812. The number of halogens is 1. The Morgan fingerprint density at radius 3 is 3.14 bits per heavy atom. The molecule has 0 aliphatic carbocycles. The van der Waals surface area contributed by atoms with Crippen LogP contribution < -0.4 is 5.32 Å². The van der Waals surface area contributed by atoms with Gasteiger partial charge in [-0.1, -0.05) is 11.6 Å². The molecule has 4 heteroatoms. The van der Waals surface area contributed by atoms with E-state index in [0.717, 1.165) is 28.9 Å². The fraction of sp³-hybridized carbons (Fsp3) is 0.300. The maximum Gasteiger partial charge on any atom is 0.0683 e. The first-order valence-corrected chi connectivity index (χ1v) is 4.95. The Bertz CT molecular complexity index is 436. The van der Waals surface area contributed by atoms with Gasteiger partial charge in [-0.25, -0.2) is 0 Å². The van der Waals surface area contributed by atoms with E-state index in [4.69, 9.17) is 11.6 Å². The van der Waals surface area contributed by atoms with Crippen LogP contribution in [0, 0.1) is 0 Å². The Morgan fingerprint density at radius 1 is 1.50 bits per heavy atom. The second kappa shape index (κ2) is 3.98. The minimum atomic E-state index is 0.769. The number of hydrogen-bond acceptors (Lipinski definition) is 2. The predicted molar refractivity (Wildman–Crippen MR) is 58.7 cm³/mol. The van der Waals surface area contributed by atoms with Crippen LogP contribution in [-0.2, 0) is 6.42 Å². The average molecular weight is 210 g/mol. The molecule has 74 valence electrons. The molecule has 1 heterocycles. The molecule has 0 aliphatic rings. The van der Waals surface area contributed by atoms with Crippen molar-refractivity contribution < 1.29 is 0 Å². The number of fused-ring (bicyclic) bond motifs is 1. The van der Waals surface area contributed by atoms with E-state index in [-0.39, 0.29) is 0 Å². The molecule has 2 aromatic rings. The molecule has 2 N–H and O–H groups in total. The number of hydrogen-bond donors (Lipinski definition) is 2. The first-order chi connectivity index (χ1) is 6.81. The second-order valence-corrected chi connectivity index (χ2v) is 3.69. The van der Waals surface area contributed by atoms with Gasteiger partial charge in [0.15, 0.2) is 0 Å². The van der Waals surface area contributed by atoms with Gasteiger partial charge < -0.3 is 5.32 Å². The number of aromatic amines is 1. The van der Waals surface area contributed by atoms with Crippen LogP contribution >= 0.6 is 11.6 Å². The number of likely N-dealkylation sites (N-methyl/N-ethyl adjacent to an activating group) is 1. The maximum atomic E-state index is 6.00. The standard InChI is InChI=1S/C10H12ClN3/c1-12-3-2-7-4-9(11)5-8-6-13-14-10(7)8/h4-6,12H,2-3H2,1H3,(H,13,14). The number of benzene rings is 1. The van der Waals surface area contributed by atoms with Crippen molar-refractivity contribution in [3.05, 3.63) is 28.9 Å². The van der Waals surface area contributed by atoms with Crippen molar-refractivity contribution in [1.29, 1.82) is 0 Å². The van der Waals surface area contributed by atoms with E-state index in [1.54, 1.807) is 6.20 Å². The van der Waals surface area contributed by atoms with Crippen molar-refractivity contribution >= 4 is 22.5 Å². The van der Waals surface area contributed by atoms with Gasteiger partial charge in [0.05, 0.1) is 11.7 Å². The summed E-state index contributed by atoms with van der Waals surface area (Å²) in [5.41, 5.74) is 2.30. The van der Waals surface area contributed by atoms with Crippen LogP contribution in [0.15, 0.2) is 18.3 Å². The van der Waals surface area contributed by atoms with Crippen LogP contribution in [0.5, 0.6) is 0 Å². The van der Waals surface area contributed by atoms with E-state index in [2.05, 4.69) is 15.5 Å². The van der Waals surface area contributed by atoms with E-state index in [0.29, 0.717) is 0 Å². The molecular formula is C10H12ClN3. The molecule has 2 rings (SSSR count). The number of nitrogens with one attached hydrogen (secondary N) is 2. The predicted octanol–water partition coefficient (Wildman–Crippen LogP) is 1.98. The monoisotopic (exact) mass is 209 g/mol. The molecule has 0 amide bonds. The van der Waals surface area contributed by atoms with Gasteiger partial charge in [-0.2, -0.15) is 5.10 Å². The number of rotatable bonds is 3. The van der Waals surface area contributed by atoms with Gasteiger partial charge in [-0.05, 0) is 37.7 Å². The summed E-state index contributed by atoms with van der Waals surface area (Å²) in [6.45, 7) is 0.939. The summed E-state index contributed by atoms with van der Waals surface area (Å²) in [5, 5.41) is 12.0. The number of aromatic nitrogens is 2. The Labute approximate surface area is 87.5 Å². The molecule has 1 aromatic carbocycles. The van der Waals surface area contributed by atoms with Crippen LogP contribution in [0.3, 0.4) is 0 Å². The normalized spacial score (nSPS) is 11.0. The van der Waals surface area contributed by atoms with E-state index < -0.39 is 0 Å². The van der Waals surface area contributed by atoms with E-state index in [1.165, 1.54) is 5.56 Å². The Kier molecular flexibility index (Phi) is 2.70.